The average Bonchev–Trinajstić information content (AvgIpc) is 2.84. The summed E-state index contributed by atoms with van der Waals surface area (Å²) in [5, 5.41) is 0. The molecule has 100 valence electrons. The van der Waals surface area contributed by atoms with E-state index in [2.05, 4.69) is 20.9 Å². The van der Waals surface area contributed by atoms with Crippen LogP contribution in [-0.2, 0) is 9.53 Å². The molecule has 0 amide bonds. The number of rotatable bonds is 3. The van der Waals surface area contributed by atoms with Gasteiger partial charge in [0.25, 0.3) is 0 Å². The van der Waals surface area contributed by atoms with Gasteiger partial charge in [-0.1, -0.05) is 15.9 Å². The molecule has 0 bridgehead atoms. The Labute approximate surface area is 118 Å². The first-order chi connectivity index (χ1) is 9.02. The molecule has 0 aliphatic carbocycles. The Balaban J connectivity index is 2.47. The molecule has 0 saturated carbocycles. The Kier molecular flexibility index (Phi) is 3.99. The number of esters is 1. The fourth-order valence-electron chi connectivity index (χ4n) is 1.82. The fourth-order valence-corrected chi connectivity index (χ4v) is 2.28. The Morgan fingerprint density at radius 3 is 2.84 bits per heavy atom. The van der Waals surface area contributed by atoms with Crippen LogP contribution in [0.25, 0.3) is 11.4 Å². The lowest BCUT2D eigenvalue weighted by molar-refractivity contribution is -0.143. The number of hydrogen-bond acceptors (Lipinski definition) is 3. The lowest BCUT2D eigenvalue weighted by Crippen LogP contribution is -2.18. The van der Waals surface area contributed by atoms with Gasteiger partial charge in [0.05, 0.1) is 7.11 Å². The van der Waals surface area contributed by atoms with Gasteiger partial charge in [-0.25, -0.2) is 14.2 Å². The number of benzene rings is 1. The van der Waals surface area contributed by atoms with Gasteiger partial charge in [-0.2, -0.15) is 0 Å². The minimum Gasteiger partial charge on any atom is -0.467 e. The molecule has 19 heavy (non-hydrogen) atoms. The average molecular weight is 327 g/mol. The minimum absolute atomic E-state index is 0.371. The maximum absolute atomic E-state index is 13.4. The third-order valence-electron chi connectivity index (χ3n) is 2.75. The number of carbonyl (C=O) groups is 1. The number of ether oxygens (including phenoxy) is 1. The molecule has 4 nitrogen and oxygen atoms in total. The second-order valence-electron chi connectivity index (χ2n) is 4.02. The van der Waals surface area contributed by atoms with Crippen LogP contribution in [0.2, 0.25) is 0 Å². The summed E-state index contributed by atoms with van der Waals surface area (Å²) in [4.78, 5) is 15.7. The Morgan fingerprint density at radius 1 is 1.47 bits per heavy atom. The molecule has 0 aliphatic rings. The van der Waals surface area contributed by atoms with E-state index in [0.29, 0.717) is 15.9 Å². The van der Waals surface area contributed by atoms with Crippen LogP contribution in [0.15, 0.2) is 35.1 Å². The van der Waals surface area contributed by atoms with Gasteiger partial charge in [0.15, 0.2) is 0 Å². The normalized spacial score (nSPS) is 12.2. The van der Waals surface area contributed by atoms with Crippen molar-refractivity contribution in [3.8, 4) is 11.4 Å². The molecule has 1 aromatic heterocycles. The van der Waals surface area contributed by atoms with E-state index in [4.69, 9.17) is 4.74 Å². The SMILES string of the molecule is COC(=O)C(C)n1ccnc1-c1cc(F)cc(Br)c1. The number of nitrogens with zero attached hydrogens (tertiary/aromatic N) is 2. The molecule has 0 radical (unpaired) electrons. The molecular weight excluding hydrogens is 315 g/mol. The van der Waals surface area contributed by atoms with Crippen LogP contribution >= 0.6 is 15.9 Å². The first-order valence-corrected chi connectivity index (χ1v) is 6.39. The summed E-state index contributed by atoms with van der Waals surface area (Å²) in [5.74, 6) is -0.238. The third kappa shape index (κ3) is 2.84. The van der Waals surface area contributed by atoms with Crippen LogP contribution in [0.5, 0.6) is 0 Å². The molecule has 2 rings (SSSR count). The number of aromatic nitrogens is 2. The Bertz CT molecular complexity index is 592. The summed E-state index contributed by atoms with van der Waals surface area (Å²) < 4.78 is 20.4. The van der Waals surface area contributed by atoms with Gasteiger partial charge >= 0.3 is 5.97 Å². The minimum atomic E-state index is -0.524. The van der Waals surface area contributed by atoms with Crippen molar-refractivity contribution in [1.29, 1.82) is 0 Å². The monoisotopic (exact) mass is 326 g/mol. The van der Waals surface area contributed by atoms with Crippen LogP contribution in [0.4, 0.5) is 4.39 Å². The molecule has 0 saturated heterocycles. The first kappa shape index (κ1) is 13.7. The van der Waals surface area contributed by atoms with Gasteiger partial charge < -0.3 is 9.30 Å². The van der Waals surface area contributed by atoms with E-state index in [1.807, 2.05) is 0 Å². The topological polar surface area (TPSA) is 44.1 Å². The summed E-state index contributed by atoms with van der Waals surface area (Å²) in [6.07, 6.45) is 3.23. The molecule has 6 heteroatoms. The summed E-state index contributed by atoms with van der Waals surface area (Å²) in [7, 11) is 1.33. The smallest absolute Gasteiger partial charge is 0.328 e. The predicted octanol–water partition coefficient (Wildman–Crippen LogP) is 3.19. The van der Waals surface area contributed by atoms with Crippen molar-refractivity contribution in [3.05, 3.63) is 40.9 Å². The summed E-state index contributed by atoms with van der Waals surface area (Å²) in [6.45, 7) is 1.70. The fraction of sp³-hybridized carbons (Fsp3) is 0.231. The van der Waals surface area contributed by atoms with E-state index in [1.54, 1.807) is 30.0 Å². The van der Waals surface area contributed by atoms with E-state index < -0.39 is 6.04 Å². The number of hydrogen-bond donors (Lipinski definition) is 0. The Hall–Kier alpha value is -1.69. The molecule has 0 aliphatic heterocycles. The van der Waals surface area contributed by atoms with Crippen LogP contribution in [0, 0.1) is 5.82 Å². The van der Waals surface area contributed by atoms with E-state index in [-0.39, 0.29) is 11.8 Å². The number of imidazole rings is 1. The second-order valence-corrected chi connectivity index (χ2v) is 4.93. The first-order valence-electron chi connectivity index (χ1n) is 5.60. The van der Waals surface area contributed by atoms with Crippen LogP contribution < -0.4 is 0 Å². The zero-order chi connectivity index (χ0) is 14.0. The zero-order valence-electron chi connectivity index (χ0n) is 10.4. The largest absolute Gasteiger partial charge is 0.467 e. The maximum atomic E-state index is 13.4. The summed E-state index contributed by atoms with van der Waals surface area (Å²) in [6, 6.07) is 3.95. The molecule has 0 N–H and O–H groups in total. The summed E-state index contributed by atoms with van der Waals surface area (Å²) >= 11 is 3.23. The van der Waals surface area contributed by atoms with Crippen LogP contribution in [-0.4, -0.2) is 22.6 Å². The van der Waals surface area contributed by atoms with Gasteiger partial charge in [0.2, 0.25) is 0 Å². The van der Waals surface area contributed by atoms with Gasteiger partial charge in [0.1, 0.15) is 17.7 Å². The standard InChI is InChI=1S/C13H12BrFN2O2/c1-8(13(18)19-2)17-4-3-16-12(17)9-5-10(14)7-11(15)6-9/h3-8H,1-2H3. The number of carbonyl (C=O) groups excluding carboxylic acids is 1. The van der Waals surface area contributed by atoms with E-state index in [9.17, 15) is 9.18 Å². The molecule has 1 atom stereocenters. The van der Waals surface area contributed by atoms with Crippen molar-refractivity contribution in [1.82, 2.24) is 9.55 Å². The quantitative estimate of drug-likeness (QED) is 0.813. The van der Waals surface area contributed by atoms with Crippen molar-refractivity contribution in [3.63, 3.8) is 0 Å². The van der Waals surface area contributed by atoms with Crippen LogP contribution in [0.1, 0.15) is 13.0 Å². The lowest BCUT2D eigenvalue weighted by atomic mass is 10.2. The molecule has 0 spiro atoms. The van der Waals surface area contributed by atoms with E-state index in [0.717, 1.165) is 0 Å². The number of halogens is 2. The highest BCUT2D eigenvalue weighted by molar-refractivity contribution is 9.10. The van der Waals surface area contributed by atoms with Crippen molar-refractivity contribution in [2.75, 3.05) is 7.11 Å². The van der Waals surface area contributed by atoms with E-state index >= 15 is 0 Å². The predicted molar refractivity (Wildman–Crippen MR) is 72.0 cm³/mol. The summed E-state index contributed by atoms with van der Waals surface area (Å²) in [5.41, 5.74) is 0.590. The third-order valence-corrected chi connectivity index (χ3v) is 3.21. The number of methoxy groups -OCH3 is 1. The Morgan fingerprint density at radius 2 is 2.21 bits per heavy atom. The second kappa shape index (κ2) is 5.52. The highest BCUT2D eigenvalue weighted by Crippen LogP contribution is 2.25. The van der Waals surface area contributed by atoms with Gasteiger partial charge in [-0.3, -0.25) is 0 Å². The maximum Gasteiger partial charge on any atom is 0.328 e. The van der Waals surface area contributed by atoms with Crippen molar-refractivity contribution >= 4 is 21.9 Å². The van der Waals surface area contributed by atoms with E-state index in [1.165, 1.54) is 19.2 Å². The van der Waals surface area contributed by atoms with Gasteiger partial charge in [-0.15, -0.1) is 0 Å². The highest BCUT2D eigenvalue weighted by Gasteiger charge is 2.19. The molecule has 1 unspecified atom stereocenters. The van der Waals surface area contributed by atoms with Crippen LogP contribution in [0.3, 0.4) is 0 Å². The molecule has 2 aromatic rings. The molecule has 0 fully saturated rings. The molecular formula is C13H12BrFN2O2. The van der Waals surface area contributed by atoms with Crippen molar-refractivity contribution < 1.29 is 13.9 Å². The molecule has 1 heterocycles. The lowest BCUT2D eigenvalue weighted by Gasteiger charge is -2.14. The molecule has 1 aromatic carbocycles. The van der Waals surface area contributed by atoms with Crippen molar-refractivity contribution in [2.24, 2.45) is 0 Å². The highest BCUT2D eigenvalue weighted by atomic mass is 79.9. The van der Waals surface area contributed by atoms with Gasteiger partial charge in [0, 0.05) is 22.4 Å². The zero-order valence-corrected chi connectivity index (χ0v) is 12.0. The van der Waals surface area contributed by atoms with Crippen molar-refractivity contribution in [2.45, 2.75) is 13.0 Å². The van der Waals surface area contributed by atoms with Gasteiger partial charge in [-0.05, 0) is 25.1 Å².